The van der Waals surface area contributed by atoms with Crippen molar-refractivity contribution in [2.24, 2.45) is 5.73 Å². The zero-order chi connectivity index (χ0) is 19.5. The lowest BCUT2D eigenvalue weighted by molar-refractivity contribution is 0.663. The van der Waals surface area contributed by atoms with Crippen molar-refractivity contribution in [3.63, 3.8) is 0 Å². The average molecular weight is 465 g/mol. The van der Waals surface area contributed by atoms with Gasteiger partial charge in [0.2, 0.25) is 0 Å². The molecule has 2 aromatic carbocycles. The number of halogens is 1. The van der Waals surface area contributed by atoms with E-state index in [0.29, 0.717) is 0 Å². The highest BCUT2D eigenvalue weighted by Gasteiger charge is 2.34. The molecule has 5 N–H and O–H groups in total. The van der Waals surface area contributed by atoms with Gasteiger partial charge in [-0.15, -0.1) is 11.3 Å². The number of pyridine rings is 1. The lowest BCUT2D eigenvalue weighted by Crippen LogP contribution is -2.25. The Labute approximate surface area is 179 Å². The molecule has 2 aliphatic heterocycles. The van der Waals surface area contributed by atoms with Crippen LogP contribution in [0.3, 0.4) is 0 Å². The number of nitrogens with zero attached hydrogens (tertiary/aromatic N) is 2. The Morgan fingerprint density at radius 3 is 2.86 bits per heavy atom. The Bertz CT molecular complexity index is 1250. The van der Waals surface area contributed by atoms with Crippen molar-refractivity contribution in [3.05, 3.63) is 69.0 Å². The Morgan fingerprint density at radius 1 is 1.14 bits per heavy atom. The number of nitrogens with two attached hydrogens (primary N) is 1. The average Bonchev–Trinajstić information content (AvgIpc) is 3.08. The molecule has 1 atom stereocenters. The Kier molecular flexibility index (Phi) is 3.82. The van der Waals surface area contributed by atoms with Crippen LogP contribution in [-0.2, 0) is 6.54 Å². The maximum Gasteiger partial charge on any atom is 0.138 e. The minimum Gasteiger partial charge on any atom is -0.340 e. The van der Waals surface area contributed by atoms with E-state index in [1.54, 1.807) is 11.3 Å². The van der Waals surface area contributed by atoms with Crippen LogP contribution in [0.25, 0.3) is 10.8 Å². The Hall–Kier alpha value is -2.65. The highest BCUT2D eigenvalue weighted by Crippen LogP contribution is 2.55. The maximum absolute atomic E-state index is 6.06. The standard InChI is InChI=1S/C21H17BrN6S/c22-12-1-3-13(4-2-12)25-21-15-5-6-16-18(14(15)7-8-24-21)28(16)9-11-10-29-19-17(11)26-27-20(19)23/h1-8,10,20,26-27H,9,23H2,(H,24,25). The first-order valence-electron chi connectivity index (χ1n) is 9.28. The number of benzene rings is 2. The molecule has 0 aliphatic carbocycles. The van der Waals surface area contributed by atoms with Gasteiger partial charge >= 0.3 is 0 Å². The smallest absolute Gasteiger partial charge is 0.138 e. The van der Waals surface area contributed by atoms with Gasteiger partial charge in [0.05, 0.1) is 28.5 Å². The monoisotopic (exact) mass is 464 g/mol. The van der Waals surface area contributed by atoms with Crippen LogP contribution < -0.4 is 26.8 Å². The van der Waals surface area contributed by atoms with Crippen LogP contribution in [0.15, 0.2) is 58.5 Å². The van der Waals surface area contributed by atoms with Crippen molar-refractivity contribution in [2.75, 3.05) is 15.6 Å². The van der Waals surface area contributed by atoms with Gasteiger partial charge in [0.15, 0.2) is 0 Å². The van der Waals surface area contributed by atoms with E-state index in [1.807, 2.05) is 30.5 Å². The molecule has 8 heteroatoms. The van der Waals surface area contributed by atoms with Crippen LogP contribution in [0.2, 0.25) is 0 Å². The SMILES string of the molecule is NC1NNc2c(CN3c4ccc5c(Nc6ccc(Br)cc6)nccc5c43)csc21. The highest BCUT2D eigenvalue weighted by molar-refractivity contribution is 9.10. The fraction of sp³-hybridized carbons (Fsp3) is 0.0952. The number of nitrogens with one attached hydrogen (secondary N) is 3. The Balaban J connectivity index is 1.31. The maximum atomic E-state index is 6.06. The number of rotatable bonds is 4. The first-order valence-corrected chi connectivity index (χ1v) is 11.0. The molecule has 144 valence electrons. The summed E-state index contributed by atoms with van der Waals surface area (Å²) >= 11 is 5.18. The minimum atomic E-state index is -0.125. The molecule has 6 nitrogen and oxygen atoms in total. The molecule has 4 aromatic rings. The van der Waals surface area contributed by atoms with Crippen molar-refractivity contribution < 1.29 is 0 Å². The minimum absolute atomic E-state index is 0.125. The molecular weight excluding hydrogens is 448 g/mol. The second-order valence-corrected chi connectivity index (χ2v) is 8.98. The normalized spacial score (nSPS) is 16.5. The highest BCUT2D eigenvalue weighted by atomic mass is 79.9. The molecule has 6 rings (SSSR count). The predicted octanol–water partition coefficient (Wildman–Crippen LogP) is 5.34. The number of hydrogen-bond donors (Lipinski definition) is 4. The van der Waals surface area contributed by atoms with Gasteiger partial charge in [-0.3, -0.25) is 0 Å². The quantitative estimate of drug-likeness (QED) is 0.305. The topological polar surface area (TPSA) is 78.0 Å². The van der Waals surface area contributed by atoms with E-state index in [0.717, 1.165) is 33.6 Å². The first-order chi connectivity index (χ1) is 14.2. The molecule has 2 aromatic heterocycles. The van der Waals surface area contributed by atoms with Crippen molar-refractivity contribution in [3.8, 4) is 0 Å². The van der Waals surface area contributed by atoms with Crippen molar-refractivity contribution in [1.82, 2.24) is 10.4 Å². The molecule has 1 unspecified atom stereocenters. The van der Waals surface area contributed by atoms with Gasteiger partial charge in [0.25, 0.3) is 0 Å². The molecular formula is C21H17BrN6S. The van der Waals surface area contributed by atoms with Gasteiger partial charge in [0.1, 0.15) is 12.0 Å². The van der Waals surface area contributed by atoms with E-state index in [4.69, 9.17) is 5.73 Å². The summed E-state index contributed by atoms with van der Waals surface area (Å²) in [6, 6.07) is 14.5. The number of hydrogen-bond acceptors (Lipinski definition) is 7. The van der Waals surface area contributed by atoms with Crippen LogP contribution in [-0.4, -0.2) is 4.98 Å². The predicted molar refractivity (Wildman–Crippen MR) is 123 cm³/mol. The summed E-state index contributed by atoms with van der Waals surface area (Å²) in [5, 5.41) is 7.97. The van der Waals surface area contributed by atoms with E-state index in [-0.39, 0.29) is 6.17 Å². The zero-order valence-corrected chi connectivity index (χ0v) is 17.6. The van der Waals surface area contributed by atoms with Gasteiger partial charge in [0, 0.05) is 32.7 Å². The lowest BCUT2D eigenvalue weighted by atomic mass is 10.1. The molecule has 0 spiro atoms. The number of hydrazine groups is 1. The van der Waals surface area contributed by atoms with Crippen LogP contribution in [0.5, 0.6) is 0 Å². The second-order valence-electron chi connectivity index (χ2n) is 7.15. The molecule has 2 aliphatic rings. The van der Waals surface area contributed by atoms with Crippen molar-refractivity contribution >= 4 is 66.6 Å². The summed E-state index contributed by atoms with van der Waals surface area (Å²) in [4.78, 5) is 8.09. The second kappa shape index (κ2) is 6.43. The van der Waals surface area contributed by atoms with Crippen molar-refractivity contribution in [1.29, 1.82) is 0 Å². The molecule has 0 fully saturated rings. The summed E-state index contributed by atoms with van der Waals surface area (Å²) in [5.41, 5.74) is 18.3. The number of anilines is 5. The number of thiophene rings is 1. The van der Waals surface area contributed by atoms with E-state index in [2.05, 4.69) is 65.6 Å². The molecule has 0 saturated heterocycles. The lowest BCUT2D eigenvalue weighted by Gasteiger charge is -2.08. The molecule has 0 radical (unpaired) electrons. The van der Waals surface area contributed by atoms with E-state index in [1.165, 1.54) is 27.2 Å². The van der Waals surface area contributed by atoms with Crippen LogP contribution >= 0.6 is 27.3 Å². The van der Waals surface area contributed by atoms with Gasteiger partial charge in [-0.05, 0) is 47.8 Å². The van der Waals surface area contributed by atoms with Crippen molar-refractivity contribution in [2.45, 2.75) is 12.7 Å². The molecule has 0 amide bonds. The molecule has 0 bridgehead atoms. The summed E-state index contributed by atoms with van der Waals surface area (Å²) < 4.78 is 1.06. The summed E-state index contributed by atoms with van der Waals surface area (Å²) in [7, 11) is 0. The van der Waals surface area contributed by atoms with E-state index in [9.17, 15) is 0 Å². The first kappa shape index (κ1) is 17.2. The van der Waals surface area contributed by atoms with Gasteiger partial charge in [-0.1, -0.05) is 15.9 Å². The largest absolute Gasteiger partial charge is 0.340 e. The molecule has 0 saturated carbocycles. The summed E-state index contributed by atoms with van der Waals surface area (Å²) in [5.74, 6) is 0.868. The Morgan fingerprint density at radius 2 is 2.00 bits per heavy atom. The third-order valence-electron chi connectivity index (χ3n) is 5.37. The van der Waals surface area contributed by atoms with E-state index < -0.39 is 0 Å². The van der Waals surface area contributed by atoms with Crippen LogP contribution in [0, 0.1) is 0 Å². The molecule has 4 heterocycles. The van der Waals surface area contributed by atoms with Gasteiger partial charge in [-0.25, -0.2) is 10.4 Å². The fourth-order valence-corrected chi connectivity index (χ4v) is 5.12. The molecule has 29 heavy (non-hydrogen) atoms. The van der Waals surface area contributed by atoms with Gasteiger partial charge in [-0.2, -0.15) is 0 Å². The van der Waals surface area contributed by atoms with Gasteiger partial charge < -0.3 is 21.4 Å². The summed E-state index contributed by atoms with van der Waals surface area (Å²) in [6.07, 6.45) is 1.74. The van der Waals surface area contributed by atoms with Crippen LogP contribution in [0.1, 0.15) is 16.6 Å². The number of fused-ring (bicyclic) bond motifs is 4. The summed E-state index contributed by atoms with van der Waals surface area (Å²) in [6.45, 7) is 0.833. The third kappa shape index (κ3) is 2.79. The van der Waals surface area contributed by atoms with Crippen LogP contribution in [0.4, 0.5) is 28.6 Å². The van der Waals surface area contributed by atoms with E-state index >= 15 is 0 Å². The zero-order valence-electron chi connectivity index (χ0n) is 15.2. The third-order valence-corrected chi connectivity index (χ3v) is 7.02. The fourth-order valence-electron chi connectivity index (χ4n) is 3.89. The number of aromatic nitrogens is 1.